The standard InChI is InChI=1S/C29H33N3O2/c1-28(2,3)20-29(4,5)31-27-26(30-24-13-9-10-18-32(24)27)22-14-16-23(17-15-22)34-25(33)19-21-11-7-6-8-12-21/h6-18,31H,19-20H2,1-5H3. The summed E-state index contributed by atoms with van der Waals surface area (Å²) in [7, 11) is 0. The summed E-state index contributed by atoms with van der Waals surface area (Å²) in [4.78, 5) is 17.2. The molecule has 0 aliphatic rings. The smallest absolute Gasteiger partial charge is 0.315 e. The summed E-state index contributed by atoms with van der Waals surface area (Å²) in [5, 5.41) is 3.75. The maximum Gasteiger partial charge on any atom is 0.315 e. The molecule has 4 aromatic rings. The van der Waals surface area contributed by atoms with E-state index in [1.165, 1.54) is 0 Å². The summed E-state index contributed by atoms with van der Waals surface area (Å²) >= 11 is 0. The molecular formula is C29H33N3O2. The summed E-state index contributed by atoms with van der Waals surface area (Å²) in [6, 6.07) is 23.2. The Kier molecular flexibility index (Phi) is 6.47. The van der Waals surface area contributed by atoms with Crippen molar-refractivity contribution in [2.75, 3.05) is 5.32 Å². The van der Waals surface area contributed by atoms with Gasteiger partial charge in [0, 0.05) is 17.3 Å². The van der Waals surface area contributed by atoms with Crippen LogP contribution in [0.2, 0.25) is 0 Å². The van der Waals surface area contributed by atoms with Crippen LogP contribution >= 0.6 is 0 Å². The number of carbonyl (C=O) groups excluding carboxylic acids is 1. The van der Waals surface area contributed by atoms with Gasteiger partial charge in [0.05, 0.1) is 6.42 Å². The molecule has 0 amide bonds. The van der Waals surface area contributed by atoms with E-state index in [1.807, 2.05) is 79.0 Å². The largest absolute Gasteiger partial charge is 0.426 e. The minimum atomic E-state index is -0.280. The van der Waals surface area contributed by atoms with E-state index in [2.05, 4.69) is 44.3 Å². The van der Waals surface area contributed by atoms with E-state index in [1.54, 1.807) is 0 Å². The Morgan fingerprint density at radius 3 is 2.26 bits per heavy atom. The third-order valence-corrected chi connectivity index (χ3v) is 5.51. The van der Waals surface area contributed by atoms with Crippen molar-refractivity contribution in [3.05, 3.63) is 84.6 Å². The highest BCUT2D eigenvalue weighted by Gasteiger charge is 2.28. The number of aromatic nitrogens is 2. The van der Waals surface area contributed by atoms with Crippen LogP contribution < -0.4 is 10.1 Å². The molecule has 2 heterocycles. The van der Waals surface area contributed by atoms with Crippen molar-refractivity contribution in [1.82, 2.24) is 9.38 Å². The maximum absolute atomic E-state index is 12.3. The maximum atomic E-state index is 12.3. The molecule has 34 heavy (non-hydrogen) atoms. The van der Waals surface area contributed by atoms with Crippen LogP contribution in [0.3, 0.4) is 0 Å². The van der Waals surface area contributed by atoms with E-state index in [0.29, 0.717) is 5.75 Å². The average Bonchev–Trinajstić information content (AvgIpc) is 3.11. The molecule has 0 aliphatic carbocycles. The second-order valence-electron chi connectivity index (χ2n) is 10.6. The predicted molar refractivity (Wildman–Crippen MR) is 138 cm³/mol. The van der Waals surface area contributed by atoms with E-state index in [-0.39, 0.29) is 23.3 Å². The highest BCUT2D eigenvalue weighted by Crippen LogP contribution is 2.35. The molecule has 0 saturated heterocycles. The third kappa shape index (κ3) is 5.84. The molecular weight excluding hydrogens is 422 g/mol. The van der Waals surface area contributed by atoms with Gasteiger partial charge in [-0.15, -0.1) is 0 Å². The van der Waals surface area contributed by atoms with Gasteiger partial charge in [-0.2, -0.15) is 0 Å². The first-order chi connectivity index (χ1) is 16.1. The van der Waals surface area contributed by atoms with Crippen molar-refractivity contribution in [2.45, 2.75) is 53.0 Å². The number of esters is 1. The molecule has 176 valence electrons. The SMILES string of the molecule is CC(C)(C)CC(C)(C)Nc1c(-c2ccc(OC(=O)Cc3ccccc3)cc2)nc2ccccn12. The van der Waals surface area contributed by atoms with Crippen LogP contribution in [-0.4, -0.2) is 20.9 Å². The minimum absolute atomic E-state index is 0.133. The zero-order valence-corrected chi connectivity index (χ0v) is 20.6. The third-order valence-electron chi connectivity index (χ3n) is 5.51. The van der Waals surface area contributed by atoms with Gasteiger partial charge < -0.3 is 10.1 Å². The van der Waals surface area contributed by atoms with Crippen LogP contribution in [0.15, 0.2) is 79.0 Å². The zero-order valence-electron chi connectivity index (χ0n) is 20.6. The number of fused-ring (bicyclic) bond motifs is 1. The second-order valence-corrected chi connectivity index (χ2v) is 10.6. The monoisotopic (exact) mass is 455 g/mol. The number of benzene rings is 2. The van der Waals surface area contributed by atoms with Crippen LogP contribution in [0.4, 0.5) is 5.82 Å². The summed E-state index contributed by atoms with van der Waals surface area (Å²) in [6.07, 6.45) is 3.27. The lowest BCUT2D eigenvalue weighted by Gasteiger charge is -2.34. The number of nitrogens with one attached hydrogen (secondary N) is 1. The molecule has 0 saturated carbocycles. The number of pyridine rings is 1. The molecule has 0 spiro atoms. The van der Waals surface area contributed by atoms with Gasteiger partial charge in [0.1, 0.15) is 22.9 Å². The fourth-order valence-corrected chi connectivity index (χ4v) is 4.62. The number of hydrogen-bond acceptors (Lipinski definition) is 4. The minimum Gasteiger partial charge on any atom is -0.426 e. The van der Waals surface area contributed by atoms with Gasteiger partial charge in [0.2, 0.25) is 0 Å². The van der Waals surface area contributed by atoms with Gasteiger partial charge in [0.25, 0.3) is 0 Å². The van der Waals surface area contributed by atoms with Crippen molar-refractivity contribution in [3.63, 3.8) is 0 Å². The molecule has 5 heteroatoms. The lowest BCUT2D eigenvalue weighted by molar-refractivity contribution is -0.133. The molecule has 1 N–H and O–H groups in total. The molecule has 5 nitrogen and oxygen atoms in total. The molecule has 4 rings (SSSR count). The van der Waals surface area contributed by atoms with Gasteiger partial charge in [-0.3, -0.25) is 9.20 Å². The number of carbonyl (C=O) groups is 1. The summed E-state index contributed by atoms with van der Waals surface area (Å²) in [5.41, 5.74) is 3.69. The lowest BCUT2D eigenvalue weighted by Crippen LogP contribution is -2.36. The first-order valence-electron chi connectivity index (χ1n) is 11.7. The predicted octanol–water partition coefficient (Wildman–Crippen LogP) is 6.78. The number of ether oxygens (including phenoxy) is 1. The second kappa shape index (κ2) is 9.34. The highest BCUT2D eigenvalue weighted by molar-refractivity contribution is 5.78. The molecule has 0 radical (unpaired) electrons. The fourth-order valence-electron chi connectivity index (χ4n) is 4.62. The Labute approximate surface area is 201 Å². The van der Waals surface area contributed by atoms with Gasteiger partial charge in [-0.1, -0.05) is 57.2 Å². The Hall–Kier alpha value is -3.60. The fraction of sp³-hybridized carbons (Fsp3) is 0.310. The Balaban J connectivity index is 1.58. The number of imidazole rings is 1. The van der Waals surface area contributed by atoms with Gasteiger partial charge in [0.15, 0.2) is 0 Å². The molecule has 0 bridgehead atoms. The number of rotatable bonds is 7. The summed E-state index contributed by atoms with van der Waals surface area (Å²) in [6.45, 7) is 11.2. The Morgan fingerprint density at radius 2 is 1.59 bits per heavy atom. The number of anilines is 1. The molecule has 0 atom stereocenters. The van der Waals surface area contributed by atoms with Crippen molar-refractivity contribution < 1.29 is 9.53 Å². The van der Waals surface area contributed by atoms with E-state index in [4.69, 9.17) is 9.72 Å². The molecule has 0 unspecified atom stereocenters. The topological polar surface area (TPSA) is 55.6 Å². The highest BCUT2D eigenvalue weighted by atomic mass is 16.5. The Morgan fingerprint density at radius 1 is 0.912 bits per heavy atom. The van der Waals surface area contributed by atoms with Gasteiger partial charge in [-0.25, -0.2) is 4.98 Å². The van der Waals surface area contributed by atoms with E-state index < -0.39 is 0 Å². The quantitative estimate of drug-likeness (QED) is 0.247. The molecule has 0 fully saturated rings. The molecule has 0 aliphatic heterocycles. The van der Waals surface area contributed by atoms with Crippen LogP contribution in [0.1, 0.15) is 46.6 Å². The zero-order chi connectivity index (χ0) is 24.3. The Bertz CT molecular complexity index is 1270. The molecule has 2 aromatic carbocycles. The molecule has 2 aromatic heterocycles. The van der Waals surface area contributed by atoms with Gasteiger partial charge >= 0.3 is 5.97 Å². The van der Waals surface area contributed by atoms with Crippen LogP contribution in [0.5, 0.6) is 5.75 Å². The first kappa shape index (κ1) is 23.6. The summed E-state index contributed by atoms with van der Waals surface area (Å²) in [5.74, 6) is 1.20. The van der Waals surface area contributed by atoms with Crippen molar-refractivity contribution in [2.24, 2.45) is 5.41 Å². The van der Waals surface area contributed by atoms with Crippen LogP contribution in [0.25, 0.3) is 16.9 Å². The number of hydrogen-bond donors (Lipinski definition) is 1. The van der Waals surface area contributed by atoms with Crippen LogP contribution in [0, 0.1) is 5.41 Å². The van der Waals surface area contributed by atoms with E-state index >= 15 is 0 Å². The lowest BCUT2D eigenvalue weighted by atomic mass is 9.82. The van der Waals surface area contributed by atoms with Crippen molar-refractivity contribution in [1.29, 1.82) is 0 Å². The first-order valence-corrected chi connectivity index (χ1v) is 11.7. The average molecular weight is 456 g/mol. The van der Waals surface area contributed by atoms with E-state index in [9.17, 15) is 4.79 Å². The summed E-state index contributed by atoms with van der Waals surface area (Å²) < 4.78 is 7.64. The van der Waals surface area contributed by atoms with E-state index in [0.717, 1.165) is 34.7 Å². The number of nitrogens with zero attached hydrogens (tertiary/aromatic N) is 2. The van der Waals surface area contributed by atoms with Crippen molar-refractivity contribution >= 4 is 17.4 Å². The van der Waals surface area contributed by atoms with Crippen LogP contribution in [-0.2, 0) is 11.2 Å². The van der Waals surface area contributed by atoms with Gasteiger partial charge in [-0.05, 0) is 67.6 Å². The van der Waals surface area contributed by atoms with Crippen molar-refractivity contribution in [3.8, 4) is 17.0 Å². The normalized spacial score (nSPS) is 12.0.